The fourth-order valence-electron chi connectivity index (χ4n) is 4.72. The van der Waals surface area contributed by atoms with Crippen molar-refractivity contribution in [3.63, 3.8) is 0 Å². The summed E-state index contributed by atoms with van der Waals surface area (Å²) in [6.07, 6.45) is 2.65. The van der Waals surface area contributed by atoms with E-state index in [1.54, 1.807) is 17.0 Å². The number of likely N-dealkylation sites (tertiary alicyclic amines) is 1. The minimum Gasteiger partial charge on any atom is -0.444 e. The molecule has 2 heterocycles. The number of carbonyl (C=O) groups excluding carboxylic acids is 1. The first-order valence-corrected chi connectivity index (χ1v) is 13.3. The molecule has 2 aromatic rings. The Morgan fingerprint density at radius 2 is 1.24 bits per heavy atom. The van der Waals surface area contributed by atoms with E-state index < -0.39 is 11.0 Å². The second kappa shape index (κ2) is 12.2. The fourth-order valence-corrected chi connectivity index (χ4v) is 4.97. The zero-order valence-corrected chi connectivity index (χ0v) is 23.2. The second-order valence-electron chi connectivity index (χ2n) is 10.6. The molecule has 37 heavy (non-hydrogen) atoms. The molecular formula is C29H34Cl2N4O2. The number of rotatable bonds is 2. The van der Waals surface area contributed by atoms with Crippen LogP contribution in [0.1, 0.15) is 57.6 Å². The maximum atomic E-state index is 12.1. The van der Waals surface area contributed by atoms with Crippen molar-refractivity contribution in [3.8, 4) is 12.1 Å². The summed E-state index contributed by atoms with van der Waals surface area (Å²) in [4.78, 5) is 13.8. The highest BCUT2D eigenvalue weighted by atomic mass is 35.5. The predicted molar refractivity (Wildman–Crippen MR) is 147 cm³/mol. The SMILES string of the molecule is CC(C)(C)OC(=O)N1CCC(C#N)(c2ccc(Cl)cc2)CC1.N#CC1(c2ccc(Cl)cc2)CCNCC1. The number of ether oxygens (including phenoxy) is 1. The third kappa shape index (κ3) is 7.39. The summed E-state index contributed by atoms with van der Waals surface area (Å²) in [6, 6.07) is 20.0. The normalized spacial score (nSPS) is 18.4. The number of piperidine rings is 2. The molecule has 0 bridgehead atoms. The summed E-state index contributed by atoms with van der Waals surface area (Å²) < 4.78 is 5.39. The summed E-state index contributed by atoms with van der Waals surface area (Å²) >= 11 is 11.8. The Hall–Kier alpha value is -2.77. The molecule has 0 aromatic heterocycles. The lowest BCUT2D eigenvalue weighted by Gasteiger charge is -2.38. The topological polar surface area (TPSA) is 89.2 Å². The number of nitrogens with one attached hydrogen (secondary N) is 1. The van der Waals surface area contributed by atoms with Gasteiger partial charge in [-0.25, -0.2) is 4.79 Å². The lowest BCUT2D eigenvalue weighted by atomic mass is 9.74. The predicted octanol–water partition coefficient (Wildman–Crippen LogP) is 6.62. The Labute approximate surface area is 230 Å². The molecule has 196 valence electrons. The molecule has 0 atom stereocenters. The van der Waals surface area contributed by atoms with E-state index in [1.807, 2.05) is 57.2 Å². The zero-order valence-electron chi connectivity index (χ0n) is 21.7. The third-order valence-corrected chi connectivity index (χ3v) is 7.45. The lowest BCUT2D eigenvalue weighted by Crippen LogP contribution is -2.46. The van der Waals surface area contributed by atoms with Crippen LogP contribution in [0.25, 0.3) is 0 Å². The largest absolute Gasteiger partial charge is 0.444 e. The van der Waals surface area contributed by atoms with Crippen molar-refractivity contribution in [2.24, 2.45) is 0 Å². The summed E-state index contributed by atoms with van der Waals surface area (Å²) in [5, 5.41) is 23.7. The van der Waals surface area contributed by atoms with Crippen LogP contribution in [-0.2, 0) is 15.6 Å². The van der Waals surface area contributed by atoms with Gasteiger partial charge in [-0.2, -0.15) is 10.5 Å². The Morgan fingerprint density at radius 1 is 0.838 bits per heavy atom. The molecule has 0 radical (unpaired) electrons. The van der Waals surface area contributed by atoms with Gasteiger partial charge in [0.15, 0.2) is 0 Å². The van der Waals surface area contributed by atoms with Crippen LogP contribution in [0.5, 0.6) is 0 Å². The first-order valence-electron chi connectivity index (χ1n) is 12.6. The van der Waals surface area contributed by atoms with Crippen molar-refractivity contribution in [3.05, 3.63) is 69.7 Å². The molecule has 2 aliphatic heterocycles. The van der Waals surface area contributed by atoms with Crippen LogP contribution >= 0.6 is 23.2 Å². The summed E-state index contributed by atoms with van der Waals surface area (Å²) in [7, 11) is 0. The first-order chi connectivity index (χ1) is 17.5. The van der Waals surface area contributed by atoms with E-state index in [9.17, 15) is 15.3 Å². The molecule has 8 heteroatoms. The smallest absolute Gasteiger partial charge is 0.410 e. The van der Waals surface area contributed by atoms with Crippen molar-refractivity contribution in [1.82, 2.24) is 10.2 Å². The maximum Gasteiger partial charge on any atom is 0.410 e. The highest BCUT2D eigenvalue weighted by Gasteiger charge is 2.38. The Balaban J connectivity index is 0.000000220. The van der Waals surface area contributed by atoms with Crippen molar-refractivity contribution in [1.29, 1.82) is 10.5 Å². The van der Waals surface area contributed by atoms with Crippen LogP contribution in [0, 0.1) is 22.7 Å². The molecular weight excluding hydrogens is 507 g/mol. The van der Waals surface area contributed by atoms with Gasteiger partial charge in [0, 0.05) is 23.1 Å². The van der Waals surface area contributed by atoms with Gasteiger partial charge in [0.25, 0.3) is 0 Å². The van der Waals surface area contributed by atoms with E-state index in [1.165, 1.54) is 0 Å². The monoisotopic (exact) mass is 540 g/mol. The van der Waals surface area contributed by atoms with Gasteiger partial charge in [0.05, 0.1) is 23.0 Å². The minimum absolute atomic E-state index is 0.310. The van der Waals surface area contributed by atoms with E-state index in [0.29, 0.717) is 31.0 Å². The van der Waals surface area contributed by atoms with Crippen LogP contribution in [0.4, 0.5) is 4.79 Å². The average Bonchev–Trinajstić information content (AvgIpc) is 2.89. The number of amides is 1. The van der Waals surface area contributed by atoms with Crippen LogP contribution in [0.2, 0.25) is 10.0 Å². The Kier molecular flexibility index (Phi) is 9.48. The van der Waals surface area contributed by atoms with Crippen molar-refractivity contribution < 1.29 is 9.53 Å². The minimum atomic E-state index is -0.552. The van der Waals surface area contributed by atoms with E-state index >= 15 is 0 Å². The molecule has 0 aliphatic carbocycles. The van der Waals surface area contributed by atoms with Crippen LogP contribution < -0.4 is 5.32 Å². The highest BCUT2D eigenvalue weighted by molar-refractivity contribution is 6.30. The summed E-state index contributed by atoms with van der Waals surface area (Å²) in [6.45, 7) is 8.41. The third-order valence-electron chi connectivity index (χ3n) is 6.95. The molecule has 1 N–H and O–H groups in total. The molecule has 0 saturated carbocycles. The number of nitriles is 2. The standard InChI is InChI=1S/C17H21ClN2O2.C12H13ClN2/c1-16(2,3)22-15(21)20-10-8-17(12-19,9-11-20)13-4-6-14(18)7-5-13;13-11-3-1-10(2-4-11)12(9-14)5-7-15-8-6-12/h4-7H,8-11H2,1-3H3;1-4,15H,5-8H2. The molecule has 4 rings (SSSR count). The molecule has 6 nitrogen and oxygen atoms in total. The van der Waals surface area contributed by atoms with E-state index in [4.69, 9.17) is 27.9 Å². The van der Waals surface area contributed by atoms with Crippen molar-refractivity contribution in [2.75, 3.05) is 26.2 Å². The van der Waals surface area contributed by atoms with Gasteiger partial charge in [0.2, 0.25) is 0 Å². The van der Waals surface area contributed by atoms with Crippen molar-refractivity contribution in [2.45, 2.75) is 62.9 Å². The molecule has 2 aliphatic rings. The molecule has 2 fully saturated rings. The zero-order chi connectivity index (χ0) is 27.1. The molecule has 2 saturated heterocycles. The van der Waals surface area contributed by atoms with Gasteiger partial charge >= 0.3 is 6.09 Å². The van der Waals surface area contributed by atoms with Gasteiger partial charge in [0.1, 0.15) is 5.60 Å². The second-order valence-corrected chi connectivity index (χ2v) is 11.5. The van der Waals surface area contributed by atoms with Gasteiger partial charge in [-0.15, -0.1) is 0 Å². The number of benzene rings is 2. The average molecular weight is 542 g/mol. The quantitative estimate of drug-likeness (QED) is 0.462. The van der Waals surface area contributed by atoms with Crippen LogP contribution in [0.3, 0.4) is 0 Å². The Morgan fingerprint density at radius 3 is 1.62 bits per heavy atom. The van der Waals surface area contributed by atoms with Gasteiger partial charge < -0.3 is 15.0 Å². The molecule has 0 spiro atoms. The van der Waals surface area contributed by atoms with E-state index in [0.717, 1.165) is 42.1 Å². The lowest BCUT2D eigenvalue weighted by molar-refractivity contribution is 0.0185. The van der Waals surface area contributed by atoms with Gasteiger partial charge in [-0.3, -0.25) is 0 Å². The van der Waals surface area contributed by atoms with E-state index in [2.05, 4.69) is 17.5 Å². The van der Waals surface area contributed by atoms with Crippen LogP contribution in [0.15, 0.2) is 48.5 Å². The van der Waals surface area contributed by atoms with E-state index in [-0.39, 0.29) is 11.5 Å². The number of carbonyl (C=O) groups is 1. The summed E-state index contributed by atoms with van der Waals surface area (Å²) in [5.74, 6) is 0. The fraction of sp³-hybridized carbons (Fsp3) is 0.483. The van der Waals surface area contributed by atoms with Gasteiger partial charge in [-0.1, -0.05) is 47.5 Å². The molecule has 2 aromatic carbocycles. The van der Waals surface area contributed by atoms with Crippen molar-refractivity contribution >= 4 is 29.3 Å². The number of hydrogen-bond acceptors (Lipinski definition) is 5. The van der Waals surface area contributed by atoms with Gasteiger partial charge in [-0.05, 0) is 94.9 Å². The summed E-state index contributed by atoms with van der Waals surface area (Å²) in [5.41, 5.74) is 0.690. The van der Waals surface area contributed by atoms with Crippen LogP contribution in [-0.4, -0.2) is 42.8 Å². The highest BCUT2D eigenvalue weighted by Crippen LogP contribution is 2.36. The molecule has 0 unspecified atom stereocenters. The number of hydrogen-bond donors (Lipinski definition) is 1. The first kappa shape index (κ1) is 28.8. The molecule has 1 amide bonds. The Bertz CT molecular complexity index is 1130. The maximum absolute atomic E-state index is 12.1. The number of halogens is 2. The number of nitrogens with zero attached hydrogens (tertiary/aromatic N) is 3.